The van der Waals surface area contributed by atoms with Crippen molar-refractivity contribution < 1.29 is 23.4 Å². The number of hydrogen-bond donors (Lipinski definition) is 2. The summed E-state index contributed by atoms with van der Waals surface area (Å²) in [7, 11) is 0. The number of aliphatic hydroxyl groups is 1. The molecule has 0 aromatic carbocycles. The van der Waals surface area contributed by atoms with E-state index >= 15 is 0 Å². The third-order valence-corrected chi connectivity index (χ3v) is 4.34. The van der Waals surface area contributed by atoms with Gasteiger partial charge in [-0.2, -0.15) is 0 Å². The minimum atomic E-state index is -2.84. The lowest BCUT2D eigenvalue weighted by molar-refractivity contribution is -0.0529. The summed E-state index contributed by atoms with van der Waals surface area (Å²) in [5, 5.41) is 10.7. The maximum absolute atomic E-state index is 13.4. The second kappa shape index (κ2) is 4.78. The van der Waals surface area contributed by atoms with Crippen LogP contribution in [0.4, 0.5) is 13.6 Å². The van der Waals surface area contributed by atoms with Gasteiger partial charge in [0.15, 0.2) is 0 Å². The van der Waals surface area contributed by atoms with Crippen molar-refractivity contribution in [1.82, 2.24) is 4.90 Å². The van der Waals surface area contributed by atoms with Crippen molar-refractivity contribution in [3.63, 3.8) is 0 Å². The van der Waals surface area contributed by atoms with Crippen LogP contribution in [0.2, 0.25) is 0 Å². The first-order valence-corrected chi connectivity index (χ1v) is 7.23. The minimum Gasteiger partial charge on any atom is -0.444 e. The van der Waals surface area contributed by atoms with E-state index in [-0.39, 0.29) is 32.4 Å². The monoisotopic (exact) mass is 306 g/mol. The number of amides is 1. The van der Waals surface area contributed by atoms with Gasteiger partial charge in [-0.3, -0.25) is 0 Å². The Morgan fingerprint density at radius 1 is 1.29 bits per heavy atom. The van der Waals surface area contributed by atoms with Crippen molar-refractivity contribution in [2.45, 2.75) is 69.1 Å². The third kappa shape index (κ3) is 3.29. The van der Waals surface area contributed by atoms with E-state index in [2.05, 4.69) is 0 Å². The van der Waals surface area contributed by atoms with Gasteiger partial charge in [-0.05, 0) is 33.6 Å². The first kappa shape index (κ1) is 16.4. The standard InChI is InChI=1S/C14H24F2N2O3/c1-11(2,3)21-10(19)18-7-6-13(20,9-18)12(17)4-5-14(15,16)8-12/h20H,4-9,17H2,1-3H3. The van der Waals surface area contributed by atoms with Crippen molar-refractivity contribution in [2.24, 2.45) is 5.73 Å². The highest BCUT2D eigenvalue weighted by atomic mass is 19.3. The van der Waals surface area contributed by atoms with Crippen LogP contribution in [-0.4, -0.2) is 51.9 Å². The number of alkyl halides is 2. The second-order valence-corrected chi connectivity index (χ2v) is 7.37. The first-order chi connectivity index (χ1) is 9.36. The van der Waals surface area contributed by atoms with Crippen LogP contribution >= 0.6 is 0 Å². The van der Waals surface area contributed by atoms with Gasteiger partial charge in [-0.1, -0.05) is 0 Å². The number of halogens is 2. The molecule has 2 fully saturated rings. The number of ether oxygens (including phenoxy) is 1. The number of hydrogen-bond acceptors (Lipinski definition) is 4. The first-order valence-electron chi connectivity index (χ1n) is 7.23. The lowest BCUT2D eigenvalue weighted by Gasteiger charge is -2.39. The molecule has 7 heteroatoms. The molecule has 1 saturated carbocycles. The van der Waals surface area contributed by atoms with E-state index in [0.29, 0.717) is 0 Å². The number of likely N-dealkylation sites (tertiary alicyclic amines) is 1. The quantitative estimate of drug-likeness (QED) is 0.775. The second-order valence-electron chi connectivity index (χ2n) is 7.37. The van der Waals surface area contributed by atoms with Crippen molar-refractivity contribution in [3.8, 4) is 0 Å². The molecule has 122 valence electrons. The summed E-state index contributed by atoms with van der Waals surface area (Å²) in [6.45, 7) is 5.43. The number of carbonyl (C=O) groups excluding carboxylic acids is 1. The predicted octanol–water partition coefficient (Wildman–Crippen LogP) is 1.88. The minimum absolute atomic E-state index is 0.0542. The van der Waals surface area contributed by atoms with E-state index in [0.717, 1.165) is 0 Å². The van der Waals surface area contributed by atoms with E-state index < -0.39 is 35.2 Å². The summed E-state index contributed by atoms with van der Waals surface area (Å²) < 4.78 is 32.1. The zero-order chi connectivity index (χ0) is 16.1. The summed E-state index contributed by atoms with van der Waals surface area (Å²) >= 11 is 0. The van der Waals surface area contributed by atoms with Crippen LogP contribution in [0.25, 0.3) is 0 Å². The SMILES string of the molecule is CC(C)(C)OC(=O)N1CCC(O)(C2(N)CCC(F)(F)C2)C1. The summed E-state index contributed by atoms with van der Waals surface area (Å²) in [6.07, 6.45) is -1.17. The molecular formula is C14H24F2N2O3. The maximum Gasteiger partial charge on any atom is 0.410 e. The fraction of sp³-hybridized carbons (Fsp3) is 0.929. The summed E-state index contributed by atoms with van der Waals surface area (Å²) in [6, 6.07) is 0. The van der Waals surface area contributed by atoms with Gasteiger partial charge in [0.05, 0.1) is 12.1 Å². The fourth-order valence-electron chi connectivity index (χ4n) is 3.12. The van der Waals surface area contributed by atoms with Gasteiger partial charge >= 0.3 is 6.09 Å². The number of nitrogens with two attached hydrogens (primary N) is 1. The molecule has 2 atom stereocenters. The molecule has 2 rings (SSSR count). The van der Waals surface area contributed by atoms with Crippen LogP contribution in [0.15, 0.2) is 0 Å². The summed E-state index contributed by atoms with van der Waals surface area (Å²) in [5.74, 6) is -2.84. The fourth-order valence-corrected chi connectivity index (χ4v) is 3.12. The molecule has 2 aliphatic rings. The molecule has 2 unspecified atom stereocenters. The van der Waals surface area contributed by atoms with Crippen LogP contribution in [0.1, 0.15) is 46.5 Å². The van der Waals surface area contributed by atoms with E-state index in [4.69, 9.17) is 10.5 Å². The predicted molar refractivity (Wildman–Crippen MR) is 73.1 cm³/mol. The Labute approximate surface area is 123 Å². The highest BCUT2D eigenvalue weighted by Gasteiger charge is 2.60. The zero-order valence-electron chi connectivity index (χ0n) is 12.8. The molecule has 1 heterocycles. The Hall–Kier alpha value is -0.950. The zero-order valence-corrected chi connectivity index (χ0v) is 12.8. The van der Waals surface area contributed by atoms with Crippen LogP contribution < -0.4 is 5.73 Å². The van der Waals surface area contributed by atoms with E-state index in [1.54, 1.807) is 20.8 Å². The lowest BCUT2D eigenvalue weighted by atomic mass is 9.78. The highest BCUT2D eigenvalue weighted by Crippen LogP contribution is 2.48. The highest BCUT2D eigenvalue weighted by molar-refractivity contribution is 5.68. The number of β-amino-alcohol motifs (C(OH)–C–C–N with tert-alkyl or cyclic N) is 1. The molecular weight excluding hydrogens is 282 g/mol. The Morgan fingerprint density at radius 3 is 2.38 bits per heavy atom. The van der Waals surface area contributed by atoms with Gasteiger partial charge in [0.2, 0.25) is 5.92 Å². The summed E-state index contributed by atoms with van der Waals surface area (Å²) in [4.78, 5) is 13.3. The maximum atomic E-state index is 13.4. The van der Waals surface area contributed by atoms with Crippen molar-refractivity contribution >= 4 is 6.09 Å². The molecule has 0 aromatic heterocycles. The average Bonchev–Trinajstić information content (AvgIpc) is 2.80. The summed E-state index contributed by atoms with van der Waals surface area (Å²) in [5.41, 5.74) is 2.58. The van der Waals surface area contributed by atoms with Crippen LogP contribution in [0.5, 0.6) is 0 Å². The molecule has 1 saturated heterocycles. The van der Waals surface area contributed by atoms with Gasteiger partial charge in [0, 0.05) is 19.4 Å². The number of carbonyl (C=O) groups is 1. The van der Waals surface area contributed by atoms with Crippen molar-refractivity contribution in [1.29, 1.82) is 0 Å². The smallest absolute Gasteiger partial charge is 0.410 e. The normalized spacial score (nSPS) is 36.0. The van der Waals surface area contributed by atoms with Gasteiger partial charge in [0.1, 0.15) is 11.2 Å². The third-order valence-electron chi connectivity index (χ3n) is 4.34. The van der Waals surface area contributed by atoms with Crippen molar-refractivity contribution in [3.05, 3.63) is 0 Å². The Kier molecular flexibility index (Phi) is 3.73. The van der Waals surface area contributed by atoms with E-state index in [9.17, 15) is 18.7 Å². The van der Waals surface area contributed by atoms with Gasteiger partial charge in [0.25, 0.3) is 0 Å². The van der Waals surface area contributed by atoms with Gasteiger partial charge < -0.3 is 20.5 Å². The van der Waals surface area contributed by atoms with Crippen LogP contribution in [0.3, 0.4) is 0 Å². The molecule has 5 nitrogen and oxygen atoms in total. The number of rotatable bonds is 1. The Bertz CT molecular complexity index is 438. The largest absolute Gasteiger partial charge is 0.444 e. The molecule has 1 amide bonds. The number of nitrogens with zero attached hydrogens (tertiary/aromatic N) is 1. The molecule has 21 heavy (non-hydrogen) atoms. The molecule has 0 bridgehead atoms. The molecule has 3 N–H and O–H groups in total. The molecule has 0 radical (unpaired) electrons. The van der Waals surface area contributed by atoms with Gasteiger partial charge in [-0.25, -0.2) is 13.6 Å². The molecule has 0 aromatic rings. The molecule has 0 spiro atoms. The molecule has 1 aliphatic carbocycles. The Morgan fingerprint density at radius 2 is 1.90 bits per heavy atom. The molecule has 1 aliphatic heterocycles. The van der Waals surface area contributed by atoms with Gasteiger partial charge in [-0.15, -0.1) is 0 Å². The van der Waals surface area contributed by atoms with Crippen LogP contribution in [-0.2, 0) is 4.74 Å². The van der Waals surface area contributed by atoms with E-state index in [1.165, 1.54) is 4.90 Å². The Balaban J connectivity index is 2.05. The van der Waals surface area contributed by atoms with Crippen molar-refractivity contribution in [2.75, 3.05) is 13.1 Å². The average molecular weight is 306 g/mol. The topological polar surface area (TPSA) is 75.8 Å². The lowest BCUT2D eigenvalue weighted by Crippen LogP contribution is -2.61. The van der Waals surface area contributed by atoms with Crippen LogP contribution in [0, 0.1) is 0 Å². The van der Waals surface area contributed by atoms with E-state index in [1.807, 2.05) is 0 Å².